The summed E-state index contributed by atoms with van der Waals surface area (Å²) in [6.07, 6.45) is 0. The van der Waals surface area contributed by atoms with Crippen LogP contribution in [0.1, 0.15) is 29.1 Å². The van der Waals surface area contributed by atoms with Crippen LogP contribution in [0.15, 0.2) is 23.7 Å². The number of anilines is 1. The molecule has 0 radical (unpaired) electrons. The van der Waals surface area contributed by atoms with E-state index in [0.717, 1.165) is 16.4 Å². The minimum absolute atomic E-state index is 0.224. The van der Waals surface area contributed by atoms with Gasteiger partial charge in [0.05, 0.1) is 28.0 Å². The second-order valence-electron chi connectivity index (χ2n) is 4.15. The highest BCUT2D eigenvalue weighted by atomic mass is 35.5. The average molecular weight is 267 g/mol. The van der Waals surface area contributed by atoms with E-state index in [1.165, 1.54) is 10.4 Å². The molecule has 2 rings (SSSR count). The average Bonchev–Trinajstić information content (AvgIpc) is 2.70. The first kappa shape index (κ1) is 12.4. The number of thiazole rings is 1. The normalized spacial score (nSPS) is 12.5. The van der Waals surface area contributed by atoms with Gasteiger partial charge >= 0.3 is 0 Å². The fourth-order valence-corrected chi connectivity index (χ4v) is 2.76. The van der Waals surface area contributed by atoms with Crippen molar-refractivity contribution in [1.82, 2.24) is 4.98 Å². The number of nitrogens with zero attached hydrogens (tertiary/aromatic N) is 1. The highest BCUT2D eigenvalue weighted by Crippen LogP contribution is 2.29. The van der Waals surface area contributed by atoms with Gasteiger partial charge in [0, 0.05) is 4.88 Å². The summed E-state index contributed by atoms with van der Waals surface area (Å²) in [6, 6.07) is 6.22. The van der Waals surface area contributed by atoms with Crippen LogP contribution in [-0.2, 0) is 0 Å². The van der Waals surface area contributed by atoms with Crippen LogP contribution in [0.3, 0.4) is 0 Å². The summed E-state index contributed by atoms with van der Waals surface area (Å²) in [6.45, 7) is 6.21. The predicted molar refractivity (Wildman–Crippen MR) is 75.1 cm³/mol. The molecule has 1 aromatic heterocycles. The van der Waals surface area contributed by atoms with E-state index < -0.39 is 0 Å². The molecule has 2 aromatic rings. The molecule has 17 heavy (non-hydrogen) atoms. The molecular weight excluding hydrogens is 252 g/mol. The van der Waals surface area contributed by atoms with E-state index in [-0.39, 0.29) is 6.04 Å². The number of halogens is 1. The SMILES string of the molecule is Cc1ccc(Cl)c(NC(C)c2scnc2C)c1. The van der Waals surface area contributed by atoms with Crippen molar-refractivity contribution in [2.45, 2.75) is 26.8 Å². The van der Waals surface area contributed by atoms with Crippen LogP contribution >= 0.6 is 22.9 Å². The Balaban J connectivity index is 2.21. The van der Waals surface area contributed by atoms with Gasteiger partial charge in [0.2, 0.25) is 0 Å². The van der Waals surface area contributed by atoms with Gasteiger partial charge in [-0.05, 0) is 38.5 Å². The molecule has 0 saturated carbocycles. The Labute approximate surface area is 111 Å². The minimum Gasteiger partial charge on any atom is -0.376 e. The van der Waals surface area contributed by atoms with E-state index in [1.807, 2.05) is 24.6 Å². The van der Waals surface area contributed by atoms with Crippen LogP contribution in [0.5, 0.6) is 0 Å². The number of rotatable bonds is 3. The van der Waals surface area contributed by atoms with E-state index in [9.17, 15) is 0 Å². The maximum absolute atomic E-state index is 6.17. The molecule has 1 N–H and O–H groups in total. The molecule has 1 unspecified atom stereocenters. The number of aromatic nitrogens is 1. The number of aryl methyl sites for hydroxylation is 2. The third kappa shape index (κ3) is 2.79. The summed E-state index contributed by atoms with van der Waals surface area (Å²) in [4.78, 5) is 5.52. The smallest absolute Gasteiger partial charge is 0.0798 e. The lowest BCUT2D eigenvalue weighted by Crippen LogP contribution is -2.06. The first-order chi connectivity index (χ1) is 8.08. The van der Waals surface area contributed by atoms with Crippen molar-refractivity contribution in [2.75, 3.05) is 5.32 Å². The second-order valence-corrected chi connectivity index (χ2v) is 5.44. The van der Waals surface area contributed by atoms with Gasteiger partial charge in [-0.1, -0.05) is 17.7 Å². The van der Waals surface area contributed by atoms with Gasteiger partial charge in [-0.2, -0.15) is 0 Å². The molecule has 1 aromatic carbocycles. The second kappa shape index (κ2) is 5.07. The lowest BCUT2D eigenvalue weighted by Gasteiger charge is -2.16. The number of hydrogen-bond acceptors (Lipinski definition) is 3. The van der Waals surface area contributed by atoms with Gasteiger partial charge in [-0.25, -0.2) is 4.98 Å². The lowest BCUT2D eigenvalue weighted by atomic mass is 10.2. The Morgan fingerprint density at radius 2 is 2.12 bits per heavy atom. The molecule has 0 saturated heterocycles. The van der Waals surface area contributed by atoms with Gasteiger partial charge in [-0.15, -0.1) is 11.3 Å². The van der Waals surface area contributed by atoms with E-state index >= 15 is 0 Å². The van der Waals surface area contributed by atoms with Crippen molar-refractivity contribution in [2.24, 2.45) is 0 Å². The van der Waals surface area contributed by atoms with Crippen LogP contribution in [0.4, 0.5) is 5.69 Å². The summed E-state index contributed by atoms with van der Waals surface area (Å²) in [5, 5.41) is 4.19. The van der Waals surface area contributed by atoms with E-state index in [1.54, 1.807) is 11.3 Å². The highest BCUT2D eigenvalue weighted by molar-refractivity contribution is 7.09. The van der Waals surface area contributed by atoms with Gasteiger partial charge in [0.15, 0.2) is 0 Å². The lowest BCUT2D eigenvalue weighted by molar-refractivity contribution is 0.890. The zero-order valence-corrected chi connectivity index (χ0v) is 11.7. The third-order valence-corrected chi connectivity index (χ3v) is 4.11. The molecule has 0 amide bonds. The van der Waals surface area contributed by atoms with Crippen molar-refractivity contribution in [1.29, 1.82) is 0 Å². The topological polar surface area (TPSA) is 24.9 Å². The van der Waals surface area contributed by atoms with Crippen LogP contribution < -0.4 is 5.32 Å². The summed E-state index contributed by atoms with van der Waals surface area (Å²) in [5.41, 5.74) is 5.14. The van der Waals surface area contributed by atoms with Crippen molar-refractivity contribution in [3.8, 4) is 0 Å². The molecule has 1 atom stereocenters. The fourth-order valence-electron chi connectivity index (χ4n) is 1.78. The van der Waals surface area contributed by atoms with Crippen molar-refractivity contribution in [3.05, 3.63) is 44.9 Å². The molecule has 1 heterocycles. The summed E-state index contributed by atoms with van der Waals surface area (Å²) in [5.74, 6) is 0. The van der Waals surface area contributed by atoms with E-state index in [2.05, 4.69) is 30.2 Å². The Morgan fingerprint density at radius 3 is 2.76 bits per heavy atom. The van der Waals surface area contributed by atoms with Crippen molar-refractivity contribution in [3.63, 3.8) is 0 Å². The van der Waals surface area contributed by atoms with Gasteiger partial charge < -0.3 is 5.32 Å². The van der Waals surface area contributed by atoms with Crippen LogP contribution in [0, 0.1) is 13.8 Å². The standard InChI is InChI=1S/C13H15ClN2S/c1-8-4-5-11(14)12(6-8)16-10(3)13-9(2)15-7-17-13/h4-7,10,16H,1-3H3. The fraction of sp³-hybridized carbons (Fsp3) is 0.308. The van der Waals surface area contributed by atoms with Gasteiger partial charge in [-0.3, -0.25) is 0 Å². The zero-order chi connectivity index (χ0) is 12.4. The quantitative estimate of drug-likeness (QED) is 0.879. The maximum atomic E-state index is 6.17. The Kier molecular flexibility index (Phi) is 3.69. The third-order valence-electron chi connectivity index (χ3n) is 2.67. The van der Waals surface area contributed by atoms with Crippen LogP contribution in [-0.4, -0.2) is 4.98 Å². The molecule has 4 heteroatoms. The summed E-state index contributed by atoms with van der Waals surface area (Å²) >= 11 is 7.84. The molecule has 0 bridgehead atoms. The number of nitrogens with one attached hydrogen (secondary N) is 1. The van der Waals surface area contributed by atoms with Gasteiger partial charge in [0.25, 0.3) is 0 Å². The first-order valence-corrected chi connectivity index (χ1v) is 6.76. The Hall–Kier alpha value is -1.06. The van der Waals surface area contributed by atoms with Crippen LogP contribution in [0.2, 0.25) is 5.02 Å². The summed E-state index contributed by atoms with van der Waals surface area (Å²) < 4.78 is 0. The van der Waals surface area contributed by atoms with Crippen molar-refractivity contribution >= 4 is 28.6 Å². The molecule has 0 aliphatic carbocycles. The zero-order valence-electron chi connectivity index (χ0n) is 10.1. The Morgan fingerprint density at radius 1 is 1.35 bits per heavy atom. The highest BCUT2D eigenvalue weighted by Gasteiger charge is 2.12. The predicted octanol–water partition coefficient (Wildman–Crippen LogP) is 4.59. The monoisotopic (exact) mass is 266 g/mol. The number of hydrogen-bond donors (Lipinski definition) is 1. The molecular formula is C13H15ClN2S. The largest absolute Gasteiger partial charge is 0.376 e. The number of benzene rings is 1. The molecule has 0 fully saturated rings. The first-order valence-electron chi connectivity index (χ1n) is 5.50. The summed E-state index contributed by atoms with van der Waals surface area (Å²) in [7, 11) is 0. The Bertz CT molecular complexity index is 522. The molecule has 2 nitrogen and oxygen atoms in total. The minimum atomic E-state index is 0.224. The van der Waals surface area contributed by atoms with Crippen LogP contribution in [0.25, 0.3) is 0 Å². The van der Waals surface area contributed by atoms with E-state index in [4.69, 9.17) is 11.6 Å². The van der Waals surface area contributed by atoms with Crippen molar-refractivity contribution < 1.29 is 0 Å². The van der Waals surface area contributed by atoms with E-state index in [0.29, 0.717) is 0 Å². The van der Waals surface area contributed by atoms with Gasteiger partial charge in [0.1, 0.15) is 0 Å². The maximum Gasteiger partial charge on any atom is 0.0798 e. The molecule has 0 aliphatic heterocycles. The molecule has 0 aliphatic rings. The molecule has 90 valence electrons. The molecule has 0 spiro atoms.